The molecule has 1 aliphatic heterocycles. The molecule has 1 aliphatic rings. The molecule has 0 saturated carbocycles. The smallest absolute Gasteiger partial charge is 0.387 e. The molecule has 0 unspecified atom stereocenters. The van der Waals surface area contributed by atoms with Crippen LogP contribution in [0.4, 0.5) is 14.5 Å². The van der Waals surface area contributed by atoms with Gasteiger partial charge in [0.15, 0.2) is 5.11 Å². The molecule has 1 aromatic carbocycles. The second-order valence-corrected chi connectivity index (χ2v) is 4.90. The minimum atomic E-state index is -2.90. The van der Waals surface area contributed by atoms with E-state index < -0.39 is 6.61 Å². The first-order valence-electron chi connectivity index (χ1n) is 6.50. The summed E-state index contributed by atoms with van der Waals surface area (Å²) in [7, 11) is 0. The molecule has 2 aromatic rings. The Morgan fingerprint density at radius 2 is 2.00 bits per heavy atom. The lowest BCUT2D eigenvalue weighted by Crippen LogP contribution is -2.30. The standard InChI is InChI=1S/C15H10F2N2O3S/c16-14(17)22-10-5-3-9(4-6-10)19-13(20)12(18-15(19)23)8-11-2-1-7-21-11/h1-8,14H,(H,18,23)/b12-8+. The fourth-order valence-electron chi connectivity index (χ4n) is 2.06. The van der Waals surface area contributed by atoms with Gasteiger partial charge < -0.3 is 14.5 Å². The van der Waals surface area contributed by atoms with Gasteiger partial charge in [-0.2, -0.15) is 8.78 Å². The molecule has 0 spiro atoms. The highest BCUT2D eigenvalue weighted by molar-refractivity contribution is 7.80. The van der Waals surface area contributed by atoms with Gasteiger partial charge >= 0.3 is 6.61 Å². The largest absolute Gasteiger partial charge is 0.465 e. The Kier molecular flexibility index (Phi) is 4.07. The van der Waals surface area contributed by atoms with Gasteiger partial charge in [-0.05, 0) is 48.6 Å². The van der Waals surface area contributed by atoms with E-state index in [1.807, 2.05) is 0 Å². The molecule has 0 radical (unpaired) electrons. The van der Waals surface area contributed by atoms with E-state index in [1.165, 1.54) is 41.5 Å². The van der Waals surface area contributed by atoms with Crippen molar-refractivity contribution in [1.29, 1.82) is 0 Å². The van der Waals surface area contributed by atoms with Crippen molar-refractivity contribution in [3.05, 3.63) is 54.1 Å². The van der Waals surface area contributed by atoms with Crippen molar-refractivity contribution in [1.82, 2.24) is 5.32 Å². The highest BCUT2D eigenvalue weighted by Crippen LogP contribution is 2.25. The van der Waals surface area contributed by atoms with Crippen molar-refractivity contribution in [3.63, 3.8) is 0 Å². The molecular weight excluding hydrogens is 326 g/mol. The zero-order chi connectivity index (χ0) is 16.4. The Morgan fingerprint density at radius 1 is 1.26 bits per heavy atom. The number of halogens is 2. The number of thiocarbonyl (C=S) groups is 1. The third-order valence-corrected chi connectivity index (χ3v) is 3.31. The first kappa shape index (κ1) is 15.2. The van der Waals surface area contributed by atoms with E-state index in [0.29, 0.717) is 11.4 Å². The van der Waals surface area contributed by atoms with Gasteiger partial charge in [0.25, 0.3) is 5.91 Å². The summed E-state index contributed by atoms with van der Waals surface area (Å²) in [6.45, 7) is -2.90. The van der Waals surface area contributed by atoms with Crippen LogP contribution in [-0.4, -0.2) is 17.6 Å². The van der Waals surface area contributed by atoms with Gasteiger partial charge in [0.1, 0.15) is 17.2 Å². The number of furan rings is 1. The van der Waals surface area contributed by atoms with Crippen LogP contribution in [0, 0.1) is 0 Å². The molecule has 0 aliphatic carbocycles. The molecule has 1 aromatic heterocycles. The van der Waals surface area contributed by atoms with Gasteiger partial charge in [0, 0.05) is 6.08 Å². The predicted molar refractivity (Wildman–Crippen MR) is 83.0 cm³/mol. The number of alkyl halides is 2. The molecule has 0 bridgehead atoms. The van der Waals surface area contributed by atoms with Crippen molar-refractivity contribution >= 4 is 35.0 Å². The fourth-order valence-corrected chi connectivity index (χ4v) is 2.36. The number of carbonyl (C=O) groups excluding carboxylic acids is 1. The first-order chi connectivity index (χ1) is 11.0. The first-order valence-corrected chi connectivity index (χ1v) is 6.91. The number of ether oxygens (including phenoxy) is 1. The Balaban J connectivity index is 1.83. The van der Waals surface area contributed by atoms with Crippen LogP contribution in [0.2, 0.25) is 0 Å². The molecule has 1 N–H and O–H groups in total. The van der Waals surface area contributed by atoms with E-state index in [4.69, 9.17) is 16.6 Å². The Bertz CT molecular complexity index is 758. The third-order valence-electron chi connectivity index (χ3n) is 3.03. The highest BCUT2D eigenvalue weighted by atomic mass is 32.1. The normalized spacial score (nSPS) is 16.3. The molecule has 5 nitrogen and oxygen atoms in total. The molecule has 2 heterocycles. The number of carbonyl (C=O) groups is 1. The number of amides is 1. The maximum Gasteiger partial charge on any atom is 0.387 e. The quantitative estimate of drug-likeness (QED) is 0.687. The Morgan fingerprint density at radius 3 is 2.61 bits per heavy atom. The molecule has 0 atom stereocenters. The second kappa shape index (κ2) is 6.17. The van der Waals surface area contributed by atoms with Crippen LogP contribution in [0.25, 0.3) is 6.08 Å². The maximum atomic E-state index is 12.4. The lowest BCUT2D eigenvalue weighted by Gasteiger charge is -2.14. The lowest BCUT2D eigenvalue weighted by molar-refractivity contribution is -0.113. The van der Waals surface area contributed by atoms with Crippen LogP contribution in [-0.2, 0) is 4.79 Å². The zero-order valence-electron chi connectivity index (χ0n) is 11.5. The number of nitrogens with zero attached hydrogens (tertiary/aromatic N) is 1. The second-order valence-electron chi connectivity index (χ2n) is 4.52. The van der Waals surface area contributed by atoms with Gasteiger partial charge in [-0.3, -0.25) is 9.69 Å². The molecular formula is C15H10F2N2O3S. The summed E-state index contributed by atoms with van der Waals surface area (Å²) in [6, 6.07) is 9.02. The van der Waals surface area contributed by atoms with E-state index in [-0.39, 0.29) is 22.5 Å². The van der Waals surface area contributed by atoms with E-state index in [1.54, 1.807) is 12.1 Å². The summed E-state index contributed by atoms with van der Waals surface area (Å²) in [5, 5.41) is 2.99. The van der Waals surface area contributed by atoms with Gasteiger partial charge in [0.2, 0.25) is 0 Å². The monoisotopic (exact) mass is 336 g/mol. The Labute approximate surface area is 135 Å². The van der Waals surface area contributed by atoms with Crippen molar-refractivity contribution in [2.75, 3.05) is 4.90 Å². The Hall–Kier alpha value is -2.74. The van der Waals surface area contributed by atoms with E-state index in [0.717, 1.165) is 0 Å². The van der Waals surface area contributed by atoms with Crippen molar-refractivity contribution in [3.8, 4) is 5.75 Å². The van der Waals surface area contributed by atoms with Crippen LogP contribution in [0.3, 0.4) is 0 Å². The van der Waals surface area contributed by atoms with Crippen LogP contribution in [0.5, 0.6) is 5.75 Å². The maximum absolute atomic E-state index is 12.4. The molecule has 8 heteroatoms. The number of rotatable bonds is 4. The summed E-state index contributed by atoms with van der Waals surface area (Å²) in [5.41, 5.74) is 0.704. The van der Waals surface area contributed by atoms with Crippen LogP contribution < -0.4 is 15.0 Å². The highest BCUT2D eigenvalue weighted by Gasteiger charge is 2.32. The van der Waals surface area contributed by atoms with Crippen molar-refractivity contribution in [2.24, 2.45) is 0 Å². The number of benzene rings is 1. The summed E-state index contributed by atoms with van der Waals surface area (Å²) in [5.74, 6) is 0.140. The number of nitrogens with one attached hydrogen (secondary N) is 1. The van der Waals surface area contributed by atoms with Gasteiger partial charge in [0.05, 0.1) is 12.0 Å². The van der Waals surface area contributed by atoms with Gasteiger partial charge in [-0.1, -0.05) is 0 Å². The predicted octanol–water partition coefficient (Wildman–Crippen LogP) is 3.14. The minimum absolute atomic E-state index is 0.000578. The van der Waals surface area contributed by atoms with E-state index >= 15 is 0 Å². The SMILES string of the molecule is O=C1/C(=C\c2ccco2)NC(=S)N1c1ccc(OC(F)F)cc1. The molecule has 1 fully saturated rings. The fraction of sp³-hybridized carbons (Fsp3) is 0.0667. The molecule has 23 heavy (non-hydrogen) atoms. The average Bonchev–Trinajstić information content (AvgIpc) is 3.09. The van der Waals surface area contributed by atoms with Crippen LogP contribution in [0.15, 0.2) is 52.8 Å². The van der Waals surface area contributed by atoms with Crippen molar-refractivity contribution < 1.29 is 22.7 Å². The van der Waals surface area contributed by atoms with Crippen LogP contribution in [0.1, 0.15) is 5.76 Å². The third kappa shape index (κ3) is 3.21. The molecule has 1 amide bonds. The zero-order valence-corrected chi connectivity index (χ0v) is 12.3. The van der Waals surface area contributed by atoms with Gasteiger partial charge in [-0.25, -0.2) is 0 Å². The summed E-state index contributed by atoms with van der Waals surface area (Å²) < 4.78 is 33.7. The van der Waals surface area contributed by atoms with E-state index in [9.17, 15) is 13.6 Å². The molecule has 3 rings (SSSR count). The summed E-state index contributed by atoms with van der Waals surface area (Å²) >= 11 is 5.15. The number of anilines is 1. The topological polar surface area (TPSA) is 54.7 Å². The molecule has 118 valence electrons. The van der Waals surface area contributed by atoms with Crippen LogP contribution >= 0.6 is 12.2 Å². The number of hydrogen-bond donors (Lipinski definition) is 1. The van der Waals surface area contributed by atoms with E-state index in [2.05, 4.69) is 10.1 Å². The van der Waals surface area contributed by atoms with Gasteiger partial charge in [-0.15, -0.1) is 0 Å². The molecule has 1 saturated heterocycles. The summed E-state index contributed by atoms with van der Waals surface area (Å²) in [6.07, 6.45) is 3.02. The van der Waals surface area contributed by atoms with Crippen molar-refractivity contribution in [2.45, 2.75) is 6.61 Å². The number of hydrogen-bond acceptors (Lipinski definition) is 4. The summed E-state index contributed by atoms with van der Waals surface area (Å²) in [4.78, 5) is 13.7. The minimum Gasteiger partial charge on any atom is -0.465 e. The average molecular weight is 336 g/mol. The lowest BCUT2D eigenvalue weighted by atomic mass is 10.2.